The number of hydrogen-bond donors (Lipinski definition) is 1. The molecule has 0 radical (unpaired) electrons. The maximum atomic E-state index is 5.97. The van der Waals surface area contributed by atoms with Gasteiger partial charge in [0.05, 0.1) is 11.4 Å². The van der Waals surface area contributed by atoms with Crippen LogP contribution in [0.4, 0.5) is 11.4 Å². The van der Waals surface area contributed by atoms with Gasteiger partial charge in [-0.1, -0.05) is 6.07 Å². The second kappa shape index (κ2) is 2.44. The molecule has 0 amide bonds. The van der Waals surface area contributed by atoms with Gasteiger partial charge < -0.3 is 10.6 Å². The van der Waals surface area contributed by atoms with E-state index in [4.69, 9.17) is 5.73 Å². The summed E-state index contributed by atoms with van der Waals surface area (Å²) in [4.78, 5) is 2.41. The van der Waals surface area contributed by atoms with Crippen molar-refractivity contribution in [3.05, 3.63) is 23.8 Å². The molecule has 1 aromatic carbocycles. The van der Waals surface area contributed by atoms with Gasteiger partial charge >= 0.3 is 0 Å². The Morgan fingerprint density at radius 1 is 1.29 bits per heavy atom. The smallest absolute Gasteiger partial charge is 0.0602 e. The van der Waals surface area contributed by atoms with Crippen LogP contribution in [0.1, 0.15) is 18.4 Å². The molecular formula is C12H16N2. The molecule has 0 unspecified atom stereocenters. The third-order valence-corrected chi connectivity index (χ3v) is 3.54. The van der Waals surface area contributed by atoms with Crippen LogP contribution in [0.3, 0.4) is 0 Å². The summed E-state index contributed by atoms with van der Waals surface area (Å²) in [5.74, 6) is 0. The van der Waals surface area contributed by atoms with Gasteiger partial charge in [-0.15, -0.1) is 0 Å². The summed E-state index contributed by atoms with van der Waals surface area (Å²) in [6.45, 7) is 4.57. The zero-order valence-electron chi connectivity index (χ0n) is 8.59. The summed E-state index contributed by atoms with van der Waals surface area (Å²) in [5.41, 5.74) is 10.1. The van der Waals surface area contributed by atoms with Crippen LogP contribution in [0.15, 0.2) is 18.2 Å². The first kappa shape index (κ1) is 8.16. The Morgan fingerprint density at radius 3 is 2.64 bits per heavy atom. The molecule has 0 atom stereocenters. The van der Waals surface area contributed by atoms with E-state index in [2.05, 4.69) is 24.0 Å². The van der Waals surface area contributed by atoms with Crippen molar-refractivity contribution in [3.8, 4) is 0 Å². The number of rotatable bonds is 1. The largest absolute Gasteiger partial charge is 0.397 e. The minimum Gasteiger partial charge on any atom is -0.397 e. The van der Waals surface area contributed by atoms with Gasteiger partial charge in [0.2, 0.25) is 0 Å². The highest BCUT2D eigenvalue weighted by atomic mass is 15.2. The molecule has 2 fully saturated rings. The highest BCUT2D eigenvalue weighted by molar-refractivity contribution is 5.70. The summed E-state index contributed by atoms with van der Waals surface area (Å²) in [6.07, 6.45) is 2.85. The van der Waals surface area contributed by atoms with E-state index in [0.29, 0.717) is 5.41 Å². The topological polar surface area (TPSA) is 29.3 Å². The van der Waals surface area contributed by atoms with E-state index < -0.39 is 0 Å². The number of anilines is 2. The number of benzene rings is 1. The van der Waals surface area contributed by atoms with Crippen LogP contribution >= 0.6 is 0 Å². The zero-order valence-corrected chi connectivity index (χ0v) is 8.59. The fraction of sp³-hybridized carbons (Fsp3) is 0.500. The highest BCUT2D eigenvalue weighted by Gasteiger charge is 2.52. The van der Waals surface area contributed by atoms with Gasteiger partial charge in [0, 0.05) is 18.5 Å². The Kier molecular flexibility index (Phi) is 1.42. The van der Waals surface area contributed by atoms with E-state index in [1.165, 1.54) is 37.2 Å². The highest BCUT2D eigenvalue weighted by Crippen LogP contribution is 2.54. The van der Waals surface area contributed by atoms with Crippen LogP contribution in [0.25, 0.3) is 0 Å². The number of aryl methyl sites for hydroxylation is 1. The normalized spacial score (nSPS) is 22.2. The Hall–Kier alpha value is -1.18. The molecule has 1 saturated carbocycles. The molecule has 1 saturated heterocycles. The first-order chi connectivity index (χ1) is 6.69. The number of hydrogen-bond acceptors (Lipinski definition) is 2. The van der Waals surface area contributed by atoms with Crippen molar-refractivity contribution in [1.29, 1.82) is 0 Å². The SMILES string of the molecule is Cc1ccc(N)c(N2CC3(CC3)C2)c1. The van der Waals surface area contributed by atoms with Crippen LogP contribution in [0.2, 0.25) is 0 Å². The van der Waals surface area contributed by atoms with Crippen molar-refractivity contribution in [3.63, 3.8) is 0 Å². The lowest BCUT2D eigenvalue weighted by Gasteiger charge is -2.42. The second-order valence-electron chi connectivity index (χ2n) is 4.92. The van der Waals surface area contributed by atoms with Crippen LogP contribution in [0, 0.1) is 12.3 Å². The van der Waals surface area contributed by atoms with Crippen molar-refractivity contribution in [1.82, 2.24) is 0 Å². The Balaban J connectivity index is 1.85. The average molecular weight is 188 g/mol. The molecule has 2 aliphatic rings. The predicted octanol–water partition coefficient (Wildman–Crippen LogP) is 2.18. The molecular weight excluding hydrogens is 172 g/mol. The monoisotopic (exact) mass is 188 g/mol. The molecule has 2 nitrogen and oxygen atoms in total. The van der Waals surface area contributed by atoms with Gasteiger partial charge in [-0.3, -0.25) is 0 Å². The fourth-order valence-electron chi connectivity index (χ4n) is 2.35. The van der Waals surface area contributed by atoms with E-state index in [1.807, 2.05) is 6.07 Å². The third-order valence-electron chi connectivity index (χ3n) is 3.54. The average Bonchev–Trinajstić information content (AvgIpc) is 2.86. The first-order valence-corrected chi connectivity index (χ1v) is 5.30. The minimum atomic E-state index is 0.705. The summed E-state index contributed by atoms with van der Waals surface area (Å²) < 4.78 is 0. The molecule has 2 heteroatoms. The van der Waals surface area contributed by atoms with E-state index >= 15 is 0 Å². The third kappa shape index (κ3) is 1.10. The van der Waals surface area contributed by atoms with Crippen LogP contribution in [-0.4, -0.2) is 13.1 Å². The Morgan fingerprint density at radius 2 is 2.00 bits per heavy atom. The molecule has 3 rings (SSSR count). The molecule has 1 aromatic rings. The first-order valence-electron chi connectivity index (χ1n) is 5.30. The van der Waals surface area contributed by atoms with E-state index in [1.54, 1.807) is 0 Å². The van der Waals surface area contributed by atoms with Crippen molar-refractivity contribution in [2.75, 3.05) is 23.7 Å². The summed E-state index contributed by atoms with van der Waals surface area (Å²) in [7, 11) is 0. The molecule has 0 aromatic heterocycles. The maximum Gasteiger partial charge on any atom is 0.0602 e. The summed E-state index contributed by atoms with van der Waals surface area (Å²) in [6, 6.07) is 6.29. The molecule has 0 bridgehead atoms. The van der Waals surface area contributed by atoms with Gasteiger partial charge in [0.25, 0.3) is 0 Å². The molecule has 74 valence electrons. The minimum absolute atomic E-state index is 0.705. The second-order valence-corrected chi connectivity index (χ2v) is 4.92. The standard InChI is InChI=1S/C12H16N2/c1-9-2-3-10(13)11(6-9)14-7-12(8-14)4-5-12/h2-3,6H,4-5,7-8,13H2,1H3. The number of nitrogen functional groups attached to an aromatic ring is 1. The van der Waals surface area contributed by atoms with Crippen molar-refractivity contribution < 1.29 is 0 Å². The Labute approximate surface area is 84.7 Å². The summed E-state index contributed by atoms with van der Waals surface area (Å²) >= 11 is 0. The lowest BCUT2D eigenvalue weighted by molar-refractivity contribution is 0.388. The predicted molar refractivity (Wildman–Crippen MR) is 59.5 cm³/mol. The fourth-order valence-corrected chi connectivity index (χ4v) is 2.35. The molecule has 1 heterocycles. The lowest BCUT2D eigenvalue weighted by atomic mass is 9.95. The number of nitrogens with zero attached hydrogens (tertiary/aromatic N) is 1. The summed E-state index contributed by atoms with van der Waals surface area (Å²) in [5, 5.41) is 0. The van der Waals surface area contributed by atoms with Crippen LogP contribution in [-0.2, 0) is 0 Å². The van der Waals surface area contributed by atoms with E-state index in [-0.39, 0.29) is 0 Å². The molecule has 2 N–H and O–H groups in total. The molecule has 1 aliphatic heterocycles. The molecule has 14 heavy (non-hydrogen) atoms. The van der Waals surface area contributed by atoms with Gasteiger partial charge in [-0.2, -0.15) is 0 Å². The van der Waals surface area contributed by atoms with Crippen molar-refractivity contribution >= 4 is 11.4 Å². The Bertz CT molecular complexity index is 372. The van der Waals surface area contributed by atoms with Gasteiger partial charge in [-0.05, 0) is 37.5 Å². The van der Waals surface area contributed by atoms with Crippen molar-refractivity contribution in [2.24, 2.45) is 5.41 Å². The van der Waals surface area contributed by atoms with Crippen molar-refractivity contribution in [2.45, 2.75) is 19.8 Å². The van der Waals surface area contributed by atoms with Crippen LogP contribution < -0.4 is 10.6 Å². The van der Waals surface area contributed by atoms with Gasteiger partial charge in [0.1, 0.15) is 0 Å². The maximum absolute atomic E-state index is 5.97. The zero-order chi connectivity index (χ0) is 9.76. The number of nitrogens with two attached hydrogens (primary N) is 1. The van der Waals surface area contributed by atoms with Gasteiger partial charge in [-0.25, -0.2) is 0 Å². The molecule has 1 spiro atoms. The lowest BCUT2D eigenvalue weighted by Crippen LogP contribution is -2.48. The van der Waals surface area contributed by atoms with E-state index in [0.717, 1.165) is 5.69 Å². The van der Waals surface area contributed by atoms with E-state index in [9.17, 15) is 0 Å². The van der Waals surface area contributed by atoms with Gasteiger partial charge in [0.15, 0.2) is 0 Å². The quantitative estimate of drug-likeness (QED) is 0.684. The van der Waals surface area contributed by atoms with Crippen LogP contribution in [0.5, 0.6) is 0 Å². The molecule has 1 aliphatic carbocycles.